The van der Waals surface area contributed by atoms with Crippen LogP contribution in [-0.2, 0) is 0 Å². The van der Waals surface area contributed by atoms with Crippen molar-refractivity contribution in [1.82, 2.24) is 4.90 Å². The predicted molar refractivity (Wildman–Crippen MR) is 63.6 cm³/mol. The number of benzene rings is 1. The third-order valence-corrected chi connectivity index (χ3v) is 2.23. The number of hydrogen-bond donors (Lipinski definition) is 1. The summed E-state index contributed by atoms with van der Waals surface area (Å²) in [4.78, 5) is 13.6. The summed E-state index contributed by atoms with van der Waals surface area (Å²) in [6, 6.07) is 7.07. The van der Waals surface area contributed by atoms with Crippen molar-refractivity contribution in [1.29, 1.82) is 0 Å². The van der Waals surface area contributed by atoms with E-state index in [1.807, 2.05) is 13.0 Å². The molecule has 0 aliphatic rings. The third kappa shape index (κ3) is 3.24. The molecule has 0 aliphatic heterocycles. The van der Waals surface area contributed by atoms with Gasteiger partial charge in [0.1, 0.15) is 5.75 Å². The summed E-state index contributed by atoms with van der Waals surface area (Å²) in [7, 11) is 3.32. The molecule has 1 rings (SSSR count). The van der Waals surface area contributed by atoms with Crippen molar-refractivity contribution in [3.8, 4) is 5.75 Å². The van der Waals surface area contributed by atoms with Gasteiger partial charge in [0.25, 0.3) is 5.91 Å². The fourth-order valence-electron chi connectivity index (χ4n) is 1.49. The highest BCUT2D eigenvalue weighted by molar-refractivity contribution is 5.94. The number of nitrogens with two attached hydrogens (primary N) is 1. The second-order valence-electron chi connectivity index (χ2n) is 3.89. The summed E-state index contributed by atoms with van der Waals surface area (Å²) in [5.41, 5.74) is 6.26. The Morgan fingerprint density at radius 1 is 1.56 bits per heavy atom. The Morgan fingerprint density at radius 3 is 2.81 bits per heavy atom. The third-order valence-electron chi connectivity index (χ3n) is 2.23. The van der Waals surface area contributed by atoms with Crippen LogP contribution in [0.15, 0.2) is 24.3 Å². The lowest BCUT2D eigenvalue weighted by molar-refractivity contribution is 0.0788. The molecule has 0 saturated carbocycles. The summed E-state index contributed by atoms with van der Waals surface area (Å²) in [6.45, 7) is 2.41. The normalized spacial score (nSPS) is 12.0. The summed E-state index contributed by atoms with van der Waals surface area (Å²) in [5, 5.41) is 0. The lowest BCUT2D eigenvalue weighted by atomic mass is 10.2. The van der Waals surface area contributed by atoms with Gasteiger partial charge in [-0.15, -0.1) is 0 Å². The van der Waals surface area contributed by atoms with Crippen LogP contribution in [0.3, 0.4) is 0 Å². The van der Waals surface area contributed by atoms with Crippen molar-refractivity contribution >= 4 is 5.91 Å². The zero-order valence-corrected chi connectivity index (χ0v) is 9.93. The number of carbonyl (C=O) groups excluding carboxylic acids is 1. The average Bonchev–Trinajstić information content (AvgIpc) is 2.27. The van der Waals surface area contributed by atoms with E-state index >= 15 is 0 Å². The molecule has 16 heavy (non-hydrogen) atoms. The Bertz CT molecular complexity index is 364. The molecule has 2 N–H and O–H groups in total. The Balaban J connectivity index is 2.79. The number of carbonyl (C=O) groups is 1. The van der Waals surface area contributed by atoms with Gasteiger partial charge in [0.2, 0.25) is 0 Å². The van der Waals surface area contributed by atoms with E-state index in [0.717, 1.165) is 0 Å². The minimum atomic E-state index is -0.0452. The van der Waals surface area contributed by atoms with E-state index < -0.39 is 0 Å². The number of ether oxygens (including phenoxy) is 1. The average molecular weight is 222 g/mol. The second-order valence-corrected chi connectivity index (χ2v) is 3.89. The van der Waals surface area contributed by atoms with Gasteiger partial charge in [0.05, 0.1) is 7.11 Å². The van der Waals surface area contributed by atoms with Gasteiger partial charge in [-0.2, -0.15) is 0 Å². The standard InChI is InChI=1S/C12H18N2O2/c1-9(13)8-14(2)12(15)10-5-4-6-11(7-10)16-3/h4-7,9H,8,13H2,1-3H3. The highest BCUT2D eigenvalue weighted by Gasteiger charge is 2.13. The molecule has 1 aromatic carbocycles. The highest BCUT2D eigenvalue weighted by Crippen LogP contribution is 2.13. The Labute approximate surface area is 96.0 Å². The second kappa shape index (κ2) is 5.51. The number of likely N-dealkylation sites (N-methyl/N-ethyl adjacent to an activating group) is 1. The van der Waals surface area contributed by atoms with Crippen molar-refractivity contribution in [3.05, 3.63) is 29.8 Å². The lowest BCUT2D eigenvalue weighted by Crippen LogP contribution is -2.36. The van der Waals surface area contributed by atoms with E-state index in [1.54, 1.807) is 37.3 Å². The van der Waals surface area contributed by atoms with E-state index in [4.69, 9.17) is 10.5 Å². The van der Waals surface area contributed by atoms with Gasteiger partial charge in [0, 0.05) is 25.2 Å². The zero-order chi connectivity index (χ0) is 12.1. The van der Waals surface area contributed by atoms with Crippen LogP contribution in [0.1, 0.15) is 17.3 Å². The topological polar surface area (TPSA) is 55.6 Å². The van der Waals surface area contributed by atoms with Crippen LogP contribution in [0.2, 0.25) is 0 Å². The van der Waals surface area contributed by atoms with Crippen LogP contribution in [0.5, 0.6) is 5.75 Å². The van der Waals surface area contributed by atoms with Crippen LogP contribution in [0, 0.1) is 0 Å². The van der Waals surface area contributed by atoms with Gasteiger partial charge in [-0.25, -0.2) is 0 Å². The first-order valence-electron chi connectivity index (χ1n) is 5.19. The maximum atomic E-state index is 12.0. The molecule has 0 bridgehead atoms. The molecule has 0 aromatic heterocycles. The number of hydrogen-bond acceptors (Lipinski definition) is 3. The minimum Gasteiger partial charge on any atom is -0.497 e. The predicted octanol–water partition coefficient (Wildman–Crippen LogP) is 1.11. The van der Waals surface area contributed by atoms with Crippen molar-refractivity contribution < 1.29 is 9.53 Å². The molecule has 1 atom stereocenters. The SMILES string of the molecule is COc1cccc(C(=O)N(C)CC(C)N)c1. The van der Waals surface area contributed by atoms with Crippen LogP contribution in [-0.4, -0.2) is 37.6 Å². The molecule has 0 heterocycles. The molecular weight excluding hydrogens is 204 g/mol. The molecule has 4 nitrogen and oxygen atoms in total. The fraction of sp³-hybridized carbons (Fsp3) is 0.417. The summed E-state index contributed by atoms with van der Waals surface area (Å²) in [5.74, 6) is 0.635. The fourth-order valence-corrected chi connectivity index (χ4v) is 1.49. The molecule has 88 valence electrons. The van der Waals surface area contributed by atoms with Crippen LogP contribution in [0.4, 0.5) is 0 Å². The van der Waals surface area contributed by atoms with Gasteiger partial charge in [-0.05, 0) is 25.1 Å². The first-order valence-corrected chi connectivity index (χ1v) is 5.19. The van der Waals surface area contributed by atoms with E-state index in [2.05, 4.69) is 0 Å². The van der Waals surface area contributed by atoms with Crippen molar-refractivity contribution in [2.24, 2.45) is 5.73 Å². The lowest BCUT2D eigenvalue weighted by Gasteiger charge is -2.19. The first-order chi connectivity index (χ1) is 7.54. The molecule has 0 aliphatic carbocycles. The molecule has 0 radical (unpaired) electrons. The molecule has 0 saturated heterocycles. The van der Waals surface area contributed by atoms with Gasteiger partial charge in [-0.3, -0.25) is 4.79 Å². The molecule has 4 heteroatoms. The van der Waals surface area contributed by atoms with Crippen LogP contribution >= 0.6 is 0 Å². The van der Waals surface area contributed by atoms with Crippen molar-refractivity contribution in [3.63, 3.8) is 0 Å². The highest BCUT2D eigenvalue weighted by atomic mass is 16.5. The Kier molecular flexibility index (Phi) is 4.31. The largest absolute Gasteiger partial charge is 0.497 e. The van der Waals surface area contributed by atoms with E-state index in [-0.39, 0.29) is 11.9 Å². The van der Waals surface area contributed by atoms with Gasteiger partial charge < -0.3 is 15.4 Å². The molecule has 1 amide bonds. The molecule has 0 fully saturated rings. The van der Waals surface area contributed by atoms with E-state index in [1.165, 1.54) is 0 Å². The summed E-state index contributed by atoms with van der Waals surface area (Å²) >= 11 is 0. The van der Waals surface area contributed by atoms with Gasteiger partial charge in [-0.1, -0.05) is 6.07 Å². The summed E-state index contributed by atoms with van der Waals surface area (Å²) < 4.78 is 5.07. The Hall–Kier alpha value is -1.55. The van der Waals surface area contributed by atoms with Crippen molar-refractivity contribution in [2.75, 3.05) is 20.7 Å². The maximum absolute atomic E-state index is 12.0. The molecule has 1 unspecified atom stereocenters. The number of rotatable bonds is 4. The molecular formula is C12H18N2O2. The smallest absolute Gasteiger partial charge is 0.253 e. The van der Waals surface area contributed by atoms with E-state index in [9.17, 15) is 4.79 Å². The maximum Gasteiger partial charge on any atom is 0.253 e. The number of nitrogens with zero attached hydrogens (tertiary/aromatic N) is 1. The Morgan fingerprint density at radius 2 is 2.25 bits per heavy atom. The first kappa shape index (κ1) is 12.5. The number of methoxy groups -OCH3 is 1. The van der Waals surface area contributed by atoms with Crippen LogP contribution < -0.4 is 10.5 Å². The monoisotopic (exact) mass is 222 g/mol. The molecule has 0 spiro atoms. The van der Waals surface area contributed by atoms with Gasteiger partial charge >= 0.3 is 0 Å². The van der Waals surface area contributed by atoms with E-state index in [0.29, 0.717) is 17.9 Å². The number of amides is 1. The van der Waals surface area contributed by atoms with Crippen LogP contribution in [0.25, 0.3) is 0 Å². The quantitative estimate of drug-likeness (QED) is 0.830. The summed E-state index contributed by atoms with van der Waals surface area (Å²) in [6.07, 6.45) is 0. The van der Waals surface area contributed by atoms with Crippen molar-refractivity contribution in [2.45, 2.75) is 13.0 Å². The van der Waals surface area contributed by atoms with Gasteiger partial charge in [0.15, 0.2) is 0 Å². The minimum absolute atomic E-state index is 0.0282. The molecule has 1 aromatic rings. The zero-order valence-electron chi connectivity index (χ0n) is 9.93.